The molecule has 0 bridgehead atoms. The summed E-state index contributed by atoms with van der Waals surface area (Å²) in [6.45, 7) is 16.1. The number of imide groups is 1. The van der Waals surface area contributed by atoms with Gasteiger partial charge in [-0.05, 0) is 104 Å². The lowest BCUT2D eigenvalue weighted by atomic mass is 9.99. The molecule has 1 saturated heterocycles. The summed E-state index contributed by atoms with van der Waals surface area (Å²) in [5, 5.41) is 1.07. The van der Waals surface area contributed by atoms with E-state index in [1.165, 1.54) is 0 Å². The predicted molar refractivity (Wildman–Crippen MR) is 145 cm³/mol. The van der Waals surface area contributed by atoms with Crippen molar-refractivity contribution in [2.75, 3.05) is 18.0 Å². The van der Waals surface area contributed by atoms with Crippen molar-refractivity contribution in [1.29, 1.82) is 0 Å². The van der Waals surface area contributed by atoms with Crippen LogP contribution in [0, 0.1) is 12.8 Å². The first kappa shape index (κ1) is 27.0. The number of pyridine rings is 1. The van der Waals surface area contributed by atoms with Crippen LogP contribution in [0.15, 0.2) is 29.1 Å². The molecule has 0 spiro atoms. The van der Waals surface area contributed by atoms with E-state index in [9.17, 15) is 14.4 Å². The fourth-order valence-electron chi connectivity index (χ4n) is 5.19. The van der Waals surface area contributed by atoms with Crippen molar-refractivity contribution in [2.24, 2.45) is 5.92 Å². The summed E-state index contributed by atoms with van der Waals surface area (Å²) in [4.78, 5) is 42.4. The maximum absolute atomic E-state index is 13.1. The molecule has 1 aromatic carbocycles. The Morgan fingerprint density at radius 3 is 2.05 bits per heavy atom. The van der Waals surface area contributed by atoms with Gasteiger partial charge in [0.25, 0.3) is 5.56 Å². The molecule has 0 unspecified atom stereocenters. The van der Waals surface area contributed by atoms with Gasteiger partial charge in [0.05, 0.1) is 5.52 Å². The number of rotatable bonds is 4. The molecule has 8 nitrogen and oxygen atoms in total. The quantitative estimate of drug-likeness (QED) is 0.498. The van der Waals surface area contributed by atoms with E-state index in [0.29, 0.717) is 6.54 Å². The zero-order valence-corrected chi connectivity index (χ0v) is 23.5. The van der Waals surface area contributed by atoms with Crippen LogP contribution in [-0.4, -0.2) is 52.0 Å². The van der Waals surface area contributed by atoms with Crippen LogP contribution >= 0.6 is 0 Å². The fraction of sp³-hybridized carbons (Fsp3) is 0.621. The van der Waals surface area contributed by atoms with E-state index in [4.69, 9.17) is 9.47 Å². The lowest BCUT2D eigenvalue weighted by Gasteiger charge is -2.34. The van der Waals surface area contributed by atoms with Crippen LogP contribution in [0.1, 0.15) is 79.3 Å². The molecule has 2 heterocycles. The Hall–Kier alpha value is -3.03. The van der Waals surface area contributed by atoms with Crippen molar-refractivity contribution in [3.63, 3.8) is 0 Å². The molecule has 1 aromatic heterocycles. The second-order valence-electron chi connectivity index (χ2n) is 12.5. The summed E-state index contributed by atoms with van der Waals surface area (Å²) in [7, 11) is 0. The standard InChI is InChI=1S/C29H41N3O5/c1-18-23(13-9-20-10-14-24(33)32(25(18)20)22-11-12-22)30-16-15-21(17-30)19(2)31(26(34)36-28(3,4)5)27(35)37-29(6,7)8/h9-10,13-14,19,21-22H,11-12,15-17H2,1-8H3/t19-,21+/m0/s1. The highest BCUT2D eigenvalue weighted by Crippen LogP contribution is 2.39. The SMILES string of the molecule is Cc1c(N2CC[C@@H]([C@H](C)N(C(=O)OC(C)(C)C)C(=O)OC(C)(C)C)C2)ccc2ccc(=O)n(C3CC3)c12. The second kappa shape index (κ2) is 9.69. The third kappa shape index (κ3) is 5.94. The van der Waals surface area contributed by atoms with Crippen LogP contribution in [-0.2, 0) is 9.47 Å². The molecule has 0 radical (unpaired) electrons. The first-order valence-electron chi connectivity index (χ1n) is 13.3. The zero-order valence-electron chi connectivity index (χ0n) is 23.5. The van der Waals surface area contributed by atoms with Crippen LogP contribution in [0.2, 0.25) is 0 Å². The number of hydrogen-bond donors (Lipinski definition) is 0. The first-order chi connectivity index (χ1) is 17.2. The molecule has 1 saturated carbocycles. The number of benzene rings is 1. The molecule has 1 aliphatic heterocycles. The molecule has 1 aliphatic carbocycles. The summed E-state index contributed by atoms with van der Waals surface area (Å²) in [5.74, 6) is 0.0385. The third-order valence-electron chi connectivity index (χ3n) is 7.06. The maximum Gasteiger partial charge on any atom is 0.420 e. The number of aromatic nitrogens is 1. The Labute approximate surface area is 219 Å². The number of amides is 2. The highest BCUT2D eigenvalue weighted by Gasteiger charge is 2.40. The van der Waals surface area contributed by atoms with Crippen LogP contribution in [0.3, 0.4) is 0 Å². The van der Waals surface area contributed by atoms with E-state index < -0.39 is 29.4 Å². The van der Waals surface area contributed by atoms with Crippen LogP contribution in [0.5, 0.6) is 0 Å². The summed E-state index contributed by atoms with van der Waals surface area (Å²) >= 11 is 0. The van der Waals surface area contributed by atoms with E-state index in [1.807, 2.05) is 17.6 Å². The first-order valence-corrected chi connectivity index (χ1v) is 13.3. The molecule has 2 amide bonds. The summed E-state index contributed by atoms with van der Waals surface area (Å²) in [5.41, 5.74) is 1.76. The van der Waals surface area contributed by atoms with E-state index in [2.05, 4.69) is 24.0 Å². The molecule has 4 rings (SSSR count). The number of fused-ring (bicyclic) bond motifs is 1. The Balaban J connectivity index is 1.60. The van der Waals surface area contributed by atoms with Crippen LogP contribution < -0.4 is 10.5 Å². The highest BCUT2D eigenvalue weighted by atomic mass is 16.6. The number of nitrogens with zero attached hydrogens (tertiary/aromatic N) is 3. The third-order valence-corrected chi connectivity index (χ3v) is 7.06. The van der Waals surface area contributed by atoms with Gasteiger partial charge < -0.3 is 18.9 Å². The van der Waals surface area contributed by atoms with Gasteiger partial charge in [-0.3, -0.25) is 4.79 Å². The van der Waals surface area contributed by atoms with Crippen molar-refractivity contribution in [3.05, 3.63) is 40.2 Å². The minimum Gasteiger partial charge on any atom is -0.443 e. The molecule has 0 N–H and O–H groups in total. The van der Waals surface area contributed by atoms with E-state index in [-0.39, 0.29) is 17.5 Å². The molecule has 2 atom stereocenters. The van der Waals surface area contributed by atoms with Gasteiger partial charge in [0.1, 0.15) is 11.2 Å². The average molecular weight is 512 g/mol. The molecule has 2 aromatic rings. The topological polar surface area (TPSA) is 81.1 Å². The molecule has 2 aliphatic rings. The molecule has 202 valence electrons. The average Bonchev–Trinajstić information content (AvgIpc) is 3.47. The maximum atomic E-state index is 13.1. The molecule has 37 heavy (non-hydrogen) atoms. The molecular weight excluding hydrogens is 470 g/mol. The van der Waals surface area contributed by atoms with Gasteiger partial charge in [-0.2, -0.15) is 0 Å². The monoisotopic (exact) mass is 511 g/mol. The van der Waals surface area contributed by atoms with Crippen molar-refractivity contribution in [3.8, 4) is 0 Å². The second-order valence-corrected chi connectivity index (χ2v) is 12.5. The number of carbonyl (C=O) groups excluding carboxylic acids is 2. The Kier molecular flexibility index (Phi) is 7.08. The number of carbonyl (C=O) groups is 2. The highest BCUT2D eigenvalue weighted by molar-refractivity contribution is 5.89. The molecule has 2 fully saturated rings. The summed E-state index contributed by atoms with van der Waals surface area (Å²) in [6, 6.07) is 7.64. The lowest BCUT2D eigenvalue weighted by Crippen LogP contribution is -2.50. The predicted octanol–water partition coefficient (Wildman–Crippen LogP) is 6.03. The molecular formula is C29H41N3O5. The van der Waals surface area contributed by atoms with Gasteiger partial charge in [-0.15, -0.1) is 0 Å². The van der Waals surface area contributed by atoms with Crippen LogP contribution in [0.25, 0.3) is 10.9 Å². The van der Waals surface area contributed by atoms with E-state index >= 15 is 0 Å². The van der Waals surface area contributed by atoms with Crippen molar-refractivity contribution in [2.45, 2.75) is 97.9 Å². The van der Waals surface area contributed by atoms with Crippen molar-refractivity contribution >= 4 is 28.8 Å². The van der Waals surface area contributed by atoms with Gasteiger partial charge in [0, 0.05) is 36.9 Å². The minimum atomic E-state index is -0.738. The van der Waals surface area contributed by atoms with Gasteiger partial charge in [0.2, 0.25) is 0 Å². The largest absolute Gasteiger partial charge is 0.443 e. The number of ether oxygens (including phenoxy) is 2. The Bertz CT molecular complexity index is 1220. The smallest absolute Gasteiger partial charge is 0.420 e. The number of aryl methyl sites for hydroxylation is 1. The fourth-order valence-corrected chi connectivity index (χ4v) is 5.19. The summed E-state index contributed by atoms with van der Waals surface area (Å²) < 4.78 is 13.1. The van der Waals surface area contributed by atoms with E-state index in [0.717, 1.165) is 52.9 Å². The Morgan fingerprint density at radius 1 is 0.946 bits per heavy atom. The summed E-state index contributed by atoms with van der Waals surface area (Å²) in [6.07, 6.45) is 1.50. The number of anilines is 1. The van der Waals surface area contributed by atoms with Crippen LogP contribution in [0.4, 0.5) is 15.3 Å². The van der Waals surface area contributed by atoms with Gasteiger partial charge >= 0.3 is 12.2 Å². The minimum absolute atomic E-state index is 0.0385. The van der Waals surface area contributed by atoms with Gasteiger partial charge in [-0.25, -0.2) is 14.5 Å². The van der Waals surface area contributed by atoms with Crippen molar-refractivity contribution in [1.82, 2.24) is 9.47 Å². The van der Waals surface area contributed by atoms with Gasteiger partial charge in [0.15, 0.2) is 0 Å². The lowest BCUT2D eigenvalue weighted by molar-refractivity contribution is -0.0103. The van der Waals surface area contributed by atoms with Crippen molar-refractivity contribution < 1.29 is 19.1 Å². The Morgan fingerprint density at radius 2 is 1.51 bits per heavy atom. The van der Waals surface area contributed by atoms with Gasteiger partial charge in [-0.1, -0.05) is 6.07 Å². The normalized spacial score (nSPS) is 19.1. The molecule has 8 heteroatoms. The number of hydrogen-bond acceptors (Lipinski definition) is 6. The zero-order chi connectivity index (χ0) is 27.3. The van der Waals surface area contributed by atoms with E-state index in [1.54, 1.807) is 47.6 Å².